The standard InChI is InChI=1S/C11H13NO2/c1-14-10-4-2-3-7-9(13)6-5-8(12)11(7)10/h2-4,8H,5-6,12H2,1H3. The van der Waals surface area contributed by atoms with Gasteiger partial charge in [0.25, 0.3) is 0 Å². The highest BCUT2D eigenvalue weighted by Gasteiger charge is 2.25. The molecular formula is C11H13NO2. The van der Waals surface area contributed by atoms with Crippen molar-refractivity contribution in [3.63, 3.8) is 0 Å². The fourth-order valence-corrected chi connectivity index (χ4v) is 1.91. The molecule has 0 saturated heterocycles. The molecule has 0 heterocycles. The molecule has 0 radical (unpaired) electrons. The van der Waals surface area contributed by atoms with Crippen LogP contribution in [0.4, 0.5) is 0 Å². The first-order valence-corrected chi connectivity index (χ1v) is 4.69. The number of Topliss-reactive ketones (excluding diaryl/α,β-unsaturated/α-hetero) is 1. The van der Waals surface area contributed by atoms with E-state index in [0.29, 0.717) is 12.8 Å². The molecule has 3 heteroatoms. The molecule has 0 saturated carbocycles. The zero-order chi connectivity index (χ0) is 10.1. The summed E-state index contributed by atoms with van der Waals surface area (Å²) in [5.41, 5.74) is 7.54. The van der Waals surface area contributed by atoms with E-state index in [2.05, 4.69) is 0 Å². The van der Waals surface area contributed by atoms with Gasteiger partial charge in [-0.1, -0.05) is 12.1 Å². The third-order valence-electron chi connectivity index (χ3n) is 2.64. The monoisotopic (exact) mass is 191 g/mol. The van der Waals surface area contributed by atoms with Gasteiger partial charge in [0.1, 0.15) is 5.75 Å². The van der Waals surface area contributed by atoms with Crippen molar-refractivity contribution in [2.45, 2.75) is 18.9 Å². The van der Waals surface area contributed by atoms with Crippen molar-refractivity contribution in [2.24, 2.45) is 5.73 Å². The highest BCUT2D eigenvalue weighted by Crippen LogP contribution is 2.34. The Morgan fingerprint density at radius 1 is 1.50 bits per heavy atom. The van der Waals surface area contributed by atoms with Crippen molar-refractivity contribution in [1.29, 1.82) is 0 Å². The second-order valence-electron chi connectivity index (χ2n) is 3.49. The third-order valence-corrected chi connectivity index (χ3v) is 2.64. The van der Waals surface area contributed by atoms with Crippen LogP contribution in [-0.2, 0) is 0 Å². The molecule has 74 valence electrons. The molecule has 14 heavy (non-hydrogen) atoms. The predicted octanol–water partition coefficient (Wildman–Crippen LogP) is 1.67. The van der Waals surface area contributed by atoms with Crippen LogP contribution in [0.3, 0.4) is 0 Å². The van der Waals surface area contributed by atoms with Gasteiger partial charge in [-0.05, 0) is 12.5 Å². The lowest BCUT2D eigenvalue weighted by Crippen LogP contribution is -2.22. The van der Waals surface area contributed by atoms with E-state index < -0.39 is 0 Å². The summed E-state index contributed by atoms with van der Waals surface area (Å²) in [6, 6.07) is 5.42. The summed E-state index contributed by atoms with van der Waals surface area (Å²) in [7, 11) is 1.60. The fourth-order valence-electron chi connectivity index (χ4n) is 1.91. The molecule has 1 atom stereocenters. The molecule has 0 fully saturated rings. The van der Waals surface area contributed by atoms with Crippen molar-refractivity contribution in [1.82, 2.24) is 0 Å². The molecule has 1 aliphatic rings. The Morgan fingerprint density at radius 3 is 3.00 bits per heavy atom. The van der Waals surface area contributed by atoms with E-state index in [1.807, 2.05) is 18.2 Å². The van der Waals surface area contributed by atoms with Crippen molar-refractivity contribution >= 4 is 5.78 Å². The lowest BCUT2D eigenvalue weighted by Gasteiger charge is -2.23. The highest BCUT2D eigenvalue weighted by atomic mass is 16.5. The molecule has 0 bridgehead atoms. The van der Waals surface area contributed by atoms with Crippen LogP contribution >= 0.6 is 0 Å². The third kappa shape index (κ3) is 1.30. The van der Waals surface area contributed by atoms with Gasteiger partial charge < -0.3 is 10.5 Å². The van der Waals surface area contributed by atoms with E-state index in [-0.39, 0.29) is 11.8 Å². The number of carbonyl (C=O) groups is 1. The molecule has 1 aliphatic carbocycles. The molecule has 0 aromatic heterocycles. The lowest BCUT2D eigenvalue weighted by molar-refractivity contribution is 0.0966. The maximum atomic E-state index is 11.6. The highest BCUT2D eigenvalue weighted by molar-refractivity contribution is 5.99. The molecule has 0 aliphatic heterocycles. The van der Waals surface area contributed by atoms with Gasteiger partial charge in [0.15, 0.2) is 5.78 Å². The number of methoxy groups -OCH3 is 1. The van der Waals surface area contributed by atoms with Gasteiger partial charge in [-0.2, -0.15) is 0 Å². The summed E-state index contributed by atoms with van der Waals surface area (Å²) >= 11 is 0. The molecule has 2 N–H and O–H groups in total. The predicted molar refractivity (Wildman–Crippen MR) is 53.5 cm³/mol. The van der Waals surface area contributed by atoms with Crippen molar-refractivity contribution < 1.29 is 9.53 Å². The maximum Gasteiger partial charge on any atom is 0.163 e. The Hall–Kier alpha value is -1.35. The van der Waals surface area contributed by atoms with E-state index in [1.54, 1.807) is 7.11 Å². The summed E-state index contributed by atoms with van der Waals surface area (Å²) in [6.07, 6.45) is 1.26. The number of ether oxygens (including phenoxy) is 1. The van der Waals surface area contributed by atoms with Crippen molar-refractivity contribution in [3.8, 4) is 5.75 Å². The smallest absolute Gasteiger partial charge is 0.163 e. The summed E-state index contributed by atoms with van der Waals surface area (Å²) in [5, 5.41) is 0. The molecule has 3 nitrogen and oxygen atoms in total. The first-order valence-electron chi connectivity index (χ1n) is 4.69. The SMILES string of the molecule is COc1cccc2c1C(N)CCC2=O. The van der Waals surface area contributed by atoms with Crippen LogP contribution in [0.2, 0.25) is 0 Å². The van der Waals surface area contributed by atoms with E-state index in [9.17, 15) is 4.79 Å². The average molecular weight is 191 g/mol. The van der Waals surface area contributed by atoms with Crippen LogP contribution in [0.15, 0.2) is 18.2 Å². The average Bonchev–Trinajstić information content (AvgIpc) is 2.23. The second kappa shape index (κ2) is 3.42. The Kier molecular flexibility index (Phi) is 2.25. The normalized spacial score (nSPS) is 20.4. The molecular weight excluding hydrogens is 178 g/mol. The van der Waals surface area contributed by atoms with Crippen LogP contribution in [0.25, 0.3) is 0 Å². The Morgan fingerprint density at radius 2 is 2.29 bits per heavy atom. The zero-order valence-electron chi connectivity index (χ0n) is 8.12. The van der Waals surface area contributed by atoms with Gasteiger partial charge in [0.2, 0.25) is 0 Å². The number of rotatable bonds is 1. The maximum absolute atomic E-state index is 11.6. The molecule has 0 amide bonds. The van der Waals surface area contributed by atoms with Crippen LogP contribution in [0, 0.1) is 0 Å². The molecule has 2 rings (SSSR count). The number of ketones is 1. The molecule has 0 spiro atoms. The van der Waals surface area contributed by atoms with E-state index in [1.165, 1.54) is 0 Å². The lowest BCUT2D eigenvalue weighted by atomic mass is 9.86. The van der Waals surface area contributed by atoms with E-state index in [4.69, 9.17) is 10.5 Å². The summed E-state index contributed by atoms with van der Waals surface area (Å²) < 4.78 is 5.20. The number of carbonyl (C=O) groups excluding carboxylic acids is 1. The van der Waals surface area contributed by atoms with Crippen molar-refractivity contribution in [3.05, 3.63) is 29.3 Å². The molecule has 1 aromatic rings. The Bertz CT molecular complexity index is 374. The summed E-state index contributed by atoms with van der Waals surface area (Å²) in [4.78, 5) is 11.6. The number of nitrogens with two attached hydrogens (primary N) is 1. The minimum Gasteiger partial charge on any atom is -0.496 e. The quantitative estimate of drug-likeness (QED) is 0.734. The van der Waals surface area contributed by atoms with Gasteiger partial charge in [0, 0.05) is 23.6 Å². The number of hydrogen-bond acceptors (Lipinski definition) is 3. The van der Waals surface area contributed by atoms with Gasteiger partial charge in [0.05, 0.1) is 7.11 Å². The van der Waals surface area contributed by atoms with Crippen LogP contribution < -0.4 is 10.5 Å². The number of benzene rings is 1. The van der Waals surface area contributed by atoms with Crippen LogP contribution in [0.1, 0.15) is 34.8 Å². The van der Waals surface area contributed by atoms with Gasteiger partial charge in [-0.25, -0.2) is 0 Å². The zero-order valence-corrected chi connectivity index (χ0v) is 8.12. The molecule has 1 unspecified atom stereocenters. The minimum atomic E-state index is -0.0705. The van der Waals surface area contributed by atoms with Gasteiger partial charge >= 0.3 is 0 Å². The number of hydrogen-bond donors (Lipinski definition) is 1. The fraction of sp³-hybridized carbons (Fsp3) is 0.364. The number of fused-ring (bicyclic) bond motifs is 1. The van der Waals surface area contributed by atoms with Gasteiger partial charge in [-0.3, -0.25) is 4.79 Å². The molecule has 1 aromatic carbocycles. The summed E-state index contributed by atoms with van der Waals surface area (Å²) in [5.74, 6) is 0.892. The van der Waals surface area contributed by atoms with Crippen LogP contribution in [0.5, 0.6) is 5.75 Å². The van der Waals surface area contributed by atoms with Crippen LogP contribution in [-0.4, -0.2) is 12.9 Å². The first kappa shape index (κ1) is 9.21. The first-order chi connectivity index (χ1) is 6.74. The van der Waals surface area contributed by atoms with E-state index in [0.717, 1.165) is 16.9 Å². The topological polar surface area (TPSA) is 52.3 Å². The second-order valence-corrected chi connectivity index (χ2v) is 3.49. The van der Waals surface area contributed by atoms with Crippen molar-refractivity contribution in [2.75, 3.05) is 7.11 Å². The Labute approximate surface area is 82.9 Å². The van der Waals surface area contributed by atoms with Gasteiger partial charge in [-0.15, -0.1) is 0 Å². The Balaban J connectivity index is 2.60. The minimum absolute atomic E-state index is 0.0705. The largest absolute Gasteiger partial charge is 0.496 e. The summed E-state index contributed by atoms with van der Waals surface area (Å²) in [6.45, 7) is 0. The van der Waals surface area contributed by atoms with E-state index >= 15 is 0 Å².